The molecule has 5 rings (SSSR count). The van der Waals surface area contributed by atoms with Crippen LogP contribution in [0.5, 0.6) is 0 Å². The van der Waals surface area contributed by atoms with Crippen LogP contribution in [0.3, 0.4) is 0 Å². The van der Waals surface area contributed by atoms with Crippen molar-refractivity contribution in [3.05, 3.63) is 59.4 Å². The van der Waals surface area contributed by atoms with Gasteiger partial charge in [0.2, 0.25) is 5.13 Å². The summed E-state index contributed by atoms with van der Waals surface area (Å²) in [4.78, 5) is 20.5. The lowest BCUT2D eigenvalue weighted by atomic mass is 9.95. The number of anilines is 1. The zero-order valence-electron chi connectivity index (χ0n) is 14.5. The Balaban J connectivity index is 1.40. The second kappa shape index (κ2) is 6.59. The summed E-state index contributed by atoms with van der Waals surface area (Å²) in [6.07, 6.45) is 6.30. The van der Waals surface area contributed by atoms with Gasteiger partial charge in [0.1, 0.15) is 5.69 Å². The molecule has 0 fully saturated rings. The smallest absolute Gasteiger partial charge is 0.257 e. The maximum Gasteiger partial charge on any atom is 0.257 e. The van der Waals surface area contributed by atoms with Gasteiger partial charge in [0.15, 0.2) is 5.01 Å². The fraction of sp³-hybridized carbons (Fsp3) is 0.200. The molecule has 0 saturated carbocycles. The highest BCUT2D eigenvalue weighted by atomic mass is 32.1. The van der Waals surface area contributed by atoms with Gasteiger partial charge in [-0.05, 0) is 61.6 Å². The first kappa shape index (κ1) is 16.1. The van der Waals surface area contributed by atoms with E-state index in [9.17, 15) is 4.79 Å². The number of benzene rings is 1. The number of nitrogens with one attached hydrogen (secondary N) is 2. The topological polar surface area (TPSA) is 83.6 Å². The van der Waals surface area contributed by atoms with Gasteiger partial charge in [-0.3, -0.25) is 15.1 Å². The molecule has 0 spiro atoms. The number of nitrogens with zero attached hydrogens (tertiary/aromatic N) is 3. The molecule has 1 aliphatic rings. The molecule has 0 atom stereocenters. The molecule has 1 amide bonds. The fourth-order valence-electron chi connectivity index (χ4n) is 3.58. The van der Waals surface area contributed by atoms with Gasteiger partial charge in [0, 0.05) is 28.4 Å². The standard InChI is InChI=1S/C20H17N5OS/c26-18(23-20-25-24-19(27-20)17-7-3-4-10-21-17)12-8-9-16-14(11-12)13-5-1-2-6-15(13)22-16/h3-4,7-11,22H,1-2,5-6H2,(H,23,25,26). The molecule has 6 nitrogen and oxygen atoms in total. The van der Waals surface area contributed by atoms with Crippen molar-refractivity contribution in [1.82, 2.24) is 20.2 Å². The normalized spacial score (nSPS) is 13.5. The number of rotatable bonds is 3. The summed E-state index contributed by atoms with van der Waals surface area (Å²) in [5, 5.41) is 13.4. The average Bonchev–Trinajstić information content (AvgIpc) is 3.32. The lowest BCUT2D eigenvalue weighted by Gasteiger charge is -2.10. The van der Waals surface area contributed by atoms with E-state index in [1.54, 1.807) is 6.20 Å². The Bertz CT molecular complexity index is 1130. The van der Waals surface area contributed by atoms with Gasteiger partial charge in [-0.15, -0.1) is 10.2 Å². The SMILES string of the molecule is O=C(Nc1nnc(-c2ccccn2)s1)c1ccc2[nH]c3c(c2c1)CCCC3. The second-order valence-corrected chi connectivity index (χ2v) is 7.61. The van der Waals surface area contributed by atoms with Gasteiger partial charge in [-0.25, -0.2) is 0 Å². The molecule has 1 aliphatic carbocycles. The van der Waals surface area contributed by atoms with E-state index in [0.717, 1.165) is 29.4 Å². The number of aryl methyl sites for hydroxylation is 2. The molecule has 3 aromatic heterocycles. The Morgan fingerprint density at radius 3 is 2.93 bits per heavy atom. The first-order valence-corrected chi connectivity index (χ1v) is 9.79. The Morgan fingerprint density at radius 1 is 1.11 bits per heavy atom. The van der Waals surface area contributed by atoms with E-state index in [0.29, 0.717) is 15.7 Å². The van der Waals surface area contributed by atoms with Crippen LogP contribution in [0.25, 0.3) is 21.6 Å². The van der Waals surface area contributed by atoms with Crippen LogP contribution in [0.1, 0.15) is 34.5 Å². The molecule has 0 unspecified atom stereocenters. The van der Waals surface area contributed by atoms with Gasteiger partial charge in [-0.1, -0.05) is 17.4 Å². The maximum atomic E-state index is 12.7. The van der Waals surface area contributed by atoms with Crippen molar-refractivity contribution in [2.45, 2.75) is 25.7 Å². The number of hydrogen-bond acceptors (Lipinski definition) is 5. The highest BCUT2D eigenvalue weighted by molar-refractivity contribution is 7.18. The molecular weight excluding hydrogens is 358 g/mol. The number of pyridine rings is 1. The molecule has 0 bridgehead atoms. The van der Waals surface area contributed by atoms with Crippen LogP contribution in [0.4, 0.5) is 5.13 Å². The predicted octanol–water partition coefficient (Wildman–Crippen LogP) is 4.21. The largest absolute Gasteiger partial charge is 0.358 e. The minimum absolute atomic E-state index is 0.175. The molecule has 0 aliphatic heterocycles. The van der Waals surface area contributed by atoms with Gasteiger partial charge in [0.25, 0.3) is 5.91 Å². The van der Waals surface area contributed by atoms with Crippen molar-refractivity contribution >= 4 is 33.3 Å². The third-order valence-electron chi connectivity index (χ3n) is 4.89. The van der Waals surface area contributed by atoms with Gasteiger partial charge in [-0.2, -0.15) is 0 Å². The number of aromatic nitrogens is 4. The third kappa shape index (κ3) is 3.00. The number of amides is 1. The molecule has 0 saturated heterocycles. The third-order valence-corrected chi connectivity index (χ3v) is 5.75. The predicted molar refractivity (Wildman–Crippen MR) is 106 cm³/mol. The quantitative estimate of drug-likeness (QED) is 0.562. The van der Waals surface area contributed by atoms with E-state index in [4.69, 9.17) is 0 Å². The molecule has 3 heterocycles. The molecule has 7 heteroatoms. The molecule has 4 aromatic rings. The van der Waals surface area contributed by atoms with Crippen LogP contribution in [0.15, 0.2) is 42.6 Å². The highest BCUT2D eigenvalue weighted by Gasteiger charge is 2.17. The van der Waals surface area contributed by atoms with Crippen molar-refractivity contribution in [3.8, 4) is 10.7 Å². The molecule has 27 heavy (non-hydrogen) atoms. The molecule has 2 N–H and O–H groups in total. The van der Waals surface area contributed by atoms with Crippen LogP contribution >= 0.6 is 11.3 Å². The monoisotopic (exact) mass is 375 g/mol. The first-order valence-electron chi connectivity index (χ1n) is 8.98. The van der Waals surface area contributed by atoms with Crippen molar-refractivity contribution in [2.24, 2.45) is 0 Å². The number of H-pyrrole nitrogens is 1. The summed E-state index contributed by atoms with van der Waals surface area (Å²) < 4.78 is 0. The van der Waals surface area contributed by atoms with Crippen molar-refractivity contribution in [2.75, 3.05) is 5.32 Å². The number of fused-ring (bicyclic) bond motifs is 3. The molecule has 134 valence electrons. The zero-order chi connectivity index (χ0) is 18.2. The minimum atomic E-state index is -0.175. The number of carbonyl (C=O) groups is 1. The van der Waals surface area contributed by atoms with E-state index in [1.165, 1.54) is 35.4 Å². The summed E-state index contributed by atoms with van der Waals surface area (Å²) in [5.74, 6) is -0.175. The Hall–Kier alpha value is -3.06. The molecule has 0 radical (unpaired) electrons. The van der Waals surface area contributed by atoms with Crippen LogP contribution < -0.4 is 5.32 Å². The van der Waals surface area contributed by atoms with Gasteiger partial charge < -0.3 is 4.98 Å². The minimum Gasteiger partial charge on any atom is -0.358 e. The molecule has 1 aromatic carbocycles. The summed E-state index contributed by atoms with van der Waals surface area (Å²) in [6, 6.07) is 11.4. The van der Waals surface area contributed by atoms with Crippen molar-refractivity contribution in [3.63, 3.8) is 0 Å². The highest BCUT2D eigenvalue weighted by Crippen LogP contribution is 2.30. The fourth-order valence-corrected chi connectivity index (χ4v) is 4.30. The summed E-state index contributed by atoms with van der Waals surface area (Å²) in [6.45, 7) is 0. The van der Waals surface area contributed by atoms with Gasteiger partial charge in [0.05, 0.1) is 0 Å². The lowest BCUT2D eigenvalue weighted by molar-refractivity contribution is 0.102. The van der Waals surface area contributed by atoms with E-state index >= 15 is 0 Å². The number of hydrogen-bond donors (Lipinski definition) is 2. The van der Waals surface area contributed by atoms with E-state index in [1.807, 2.05) is 36.4 Å². The number of carbonyl (C=O) groups excluding carboxylic acids is 1. The van der Waals surface area contributed by atoms with Crippen molar-refractivity contribution < 1.29 is 4.79 Å². The maximum absolute atomic E-state index is 12.7. The van der Waals surface area contributed by atoms with Crippen molar-refractivity contribution in [1.29, 1.82) is 0 Å². The van der Waals surface area contributed by atoms with E-state index in [2.05, 4.69) is 25.5 Å². The molecular formula is C20H17N5OS. The lowest BCUT2D eigenvalue weighted by Crippen LogP contribution is -2.11. The summed E-state index contributed by atoms with van der Waals surface area (Å²) in [7, 11) is 0. The Kier molecular flexibility index (Phi) is 3.94. The van der Waals surface area contributed by atoms with Crippen LogP contribution in [-0.4, -0.2) is 26.1 Å². The zero-order valence-corrected chi connectivity index (χ0v) is 15.3. The summed E-state index contributed by atoms with van der Waals surface area (Å²) in [5.41, 5.74) is 5.16. The van der Waals surface area contributed by atoms with Crippen LogP contribution in [0.2, 0.25) is 0 Å². The Labute approximate surface area is 159 Å². The average molecular weight is 375 g/mol. The second-order valence-electron chi connectivity index (χ2n) is 6.63. The Morgan fingerprint density at radius 2 is 2.04 bits per heavy atom. The van der Waals surface area contributed by atoms with E-state index in [-0.39, 0.29) is 5.91 Å². The van der Waals surface area contributed by atoms with Gasteiger partial charge >= 0.3 is 0 Å². The van der Waals surface area contributed by atoms with Crippen LogP contribution in [-0.2, 0) is 12.8 Å². The summed E-state index contributed by atoms with van der Waals surface area (Å²) >= 11 is 1.31. The van der Waals surface area contributed by atoms with E-state index < -0.39 is 0 Å². The first-order chi connectivity index (χ1) is 13.3. The number of aromatic amines is 1. The van der Waals surface area contributed by atoms with Crippen LogP contribution in [0, 0.1) is 0 Å².